The summed E-state index contributed by atoms with van der Waals surface area (Å²) in [5, 5.41) is 42.5. The van der Waals surface area contributed by atoms with E-state index >= 15 is 0 Å². The second-order valence-electron chi connectivity index (χ2n) is 8.30. The standard InChI is InChI=1S/C25H28O6/c1-12(2)6-8-15-18(26)11-14-10-17-20(23(29)19(14)21(15)27)16(9-7-13(3)4)25(31-5)24(30)22(17)28/h6-7,11,26-28,30H,8-10H2,1-5H3. The second-order valence-corrected chi connectivity index (χ2v) is 8.30. The molecule has 1 aliphatic rings. The fourth-order valence-electron chi connectivity index (χ4n) is 3.94. The number of ketones is 1. The molecule has 0 saturated heterocycles. The molecule has 0 aliphatic heterocycles. The van der Waals surface area contributed by atoms with Gasteiger partial charge in [0.2, 0.25) is 5.75 Å². The molecule has 0 aromatic heterocycles. The summed E-state index contributed by atoms with van der Waals surface area (Å²) in [4.78, 5) is 13.6. The van der Waals surface area contributed by atoms with Crippen LogP contribution in [0.4, 0.5) is 0 Å². The number of aromatic hydroxyl groups is 4. The molecule has 31 heavy (non-hydrogen) atoms. The van der Waals surface area contributed by atoms with Crippen molar-refractivity contribution < 1.29 is 30.0 Å². The minimum atomic E-state index is -0.474. The zero-order chi connectivity index (χ0) is 23.0. The summed E-state index contributed by atoms with van der Waals surface area (Å²) in [5.74, 6) is -1.68. The lowest BCUT2D eigenvalue weighted by molar-refractivity contribution is 0.103. The van der Waals surface area contributed by atoms with Crippen molar-refractivity contribution in [1.29, 1.82) is 0 Å². The van der Waals surface area contributed by atoms with Crippen LogP contribution in [0.3, 0.4) is 0 Å². The molecule has 0 atom stereocenters. The van der Waals surface area contributed by atoms with Crippen LogP contribution in [0.1, 0.15) is 65.9 Å². The molecule has 2 aromatic carbocycles. The van der Waals surface area contributed by atoms with E-state index in [0.29, 0.717) is 17.5 Å². The normalized spacial score (nSPS) is 12.1. The number of carbonyl (C=O) groups is 1. The number of benzene rings is 2. The minimum Gasteiger partial charge on any atom is -0.508 e. The van der Waals surface area contributed by atoms with Crippen LogP contribution in [0.2, 0.25) is 0 Å². The van der Waals surface area contributed by atoms with E-state index in [4.69, 9.17) is 4.74 Å². The predicted molar refractivity (Wildman–Crippen MR) is 119 cm³/mol. The third kappa shape index (κ3) is 3.85. The molecule has 6 heteroatoms. The smallest absolute Gasteiger partial charge is 0.201 e. The number of phenolic OH excluding ortho intramolecular Hbond substituents is 4. The average molecular weight is 424 g/mol. The monoisotopic (exact) mass is 424 g/mol. The van der Waals surface area contributed by atoms with Crippen molar-refractivity contribution in [2.75, 3.05) is 7.11 Å². The van der Waals surface area contributed by atoms with E-state index in [9.17, 15) is 25.2 Å². The molecular weight excluding hydrogens is 396 g/mol. The lowest BCUT2D eigenvalue weighted by Gasteiger charge is -2.26. The highest BCUT2D eigenvalue weighted by Crippen LogP contribution is 2.49. The second kappa shape index (κ2) is 8.38. The van der Waals surface area contributed by atoms with E-state index < -0.39 is 17.3 Å². The Bertz CT molecular complexity index is 1130. The highest BCUT2D eigenvalue weighted by Gasteiger charge is 2.35. The molecule has 0 radical (unpaired) electrons. The molecular formula is C25H28O6. The predicted octanol–water partition coefficient (Wildman–Crippen LogP) is 4.67. The SMILES string of the molecule is COc1c(O)c(O)c2c(c1CC=C(C)C)C(=O)c1c(cc(O)c(CC=C(C)C)c1O)C2. The van der Waals surface area contributed by atoms with Gasteiger partial charge < -0.3 is 25.2 Å². The highest BCUT2D eigenvalue weighted by atomic mass is 16.5. The Labute approximate surface area is 181 Å². The fourth-order valence-corrected chi connectivity index (χ4v) is 3.94. The number of rotatable bonds is 5. The average Bonchev–Trinajstić information content (AvgIpc) is 2.68. The van der Waals surface area contributed by atoms with Crippen LogP contribution < -0.4 is 4.74 Å². The minimum absolute atomic E-state index is 0.0357. The molecule has 1 aliphatic carbocycles. The Morgan fingerprint density at radius 3 is 2.03 bits per heavy atom. The molecule has 3 rings (SSSR count). The van der Waals surface area contributed by atoms with Gasteiger partial charge in [-0.05, 0) is 52.2 Å². The Kier molecular flexibility index (Phi) is 6.02. The van der Waals surface area contributed by atoms with Crippen LogP contribution in [0.25, 0.3) is 0 Å². The van der Waals surface area contributed by atoms with Gasteiger partial charge in [0.1, 0.15) is 11.5 Å². The van der Waals surface area contributed by atoms with Gasteiger partial charge in [0.25, 0.3) is 0 Å². The van der Waals surface area contributed by atoms with Gasteiger partial charge in [0.05, 0.1) is 12.7 Å². The number of carbonyl (C=O) groups excluding carboxylic acids is 1. The van der Waals surface area contributed by atoms with Crippen LogP contribution in [0, 0.1) is 0 Å². The van der Waals surface area contributed by atoms with Crippen LogP contribution in [-0.2, 0) is 19.3 Å². The number of hydrogen-bond donors (Lipinski definition) is 4. The molecule has 0 unspecified atom stereocenters. The third-order valence-corrected chi connectivity index (χ3v) is 5.52. The Hall–Kier alpha value is -3.41. The van der Waals surface area contributed by atoms with Crippen molar-refractivity contribution in [2.45, 2.75) is 47.0 Å². The first-order valence-electron chi connectivity index (χ1n) is 10.1. The zero-order valence-electron chi connectivity index (χ0n) is 18.5. The molecule has 4 N–H and O–H groups in total. The van der Waals surface area contributed by atoms with Gasteiger partial charge in [-0.3, -0.25) is 4.79 Å². The van der Waals surface area contributed by atoms with Crippen molar-refractivity contribution in [3.05, 3.63) is 62.7 Å². The first-order chi connectivity index (χ1) is 14.6. The molecule has 0 amide bonds. The maximum absolute atomic E-state index is 13.6. The number of phenols is 4. The van der Waals surface area contributed by atoms with Gasteiger partial charge in [0.15, 0.2) is 17.3 Å². The largest absolute Gasteiger partial charge is 0.508 e. The number of hydrogen-bond acceptors (Lipinski definition) is 6. The van der Waals surface area contributed by atoms with Crippen LogP contribution in [0.15, 0.2) is 29.4 Å². The number of ether oxygens (including phenoxy) is 1. The summed E-state index contributed by atoms with van der Waals surface area (Å²) in [6.45, 7) is 7.65. The Morgan fingerprint density at radius 2 is 1.48 bits per heavy atom. The Balaban J connectivity index is 2.29. The summed E-state index contributed by atoms with van der Waals surface area (Å²) >= 11 is 0. The van der Waals surface area contributed by atoms with Crippen LogP contribution in [-0.4, -0.2) is 33.3 Å². The molecule has 0 bridgehead atoms. The first-order valence-corrected chi connectivity index (χ1v) is 10.1. The topological polar surface area (TPSA) is 107 Å². The van der Waals surface area contributed by atoms with Crippen molar-refractivity contribution >= 4 is 5.78 Å². The lowest BCUT2D eigenvalue weighted by atomic mass is 9.79. The van der Waals surface area contributed by atoms with Gasteiger partial charge >= 0.3 is 0 Å². The molecule has 164 valence electrons. The lowest BCUT2D eigenvalue weighted by Crippen LogP contribution is -2.19. The molecule has 2 aromatic rings. The van der Waals surface area contributed by atoms with Crippen molar-refractivity contribution in [2.24, 2.45) is 0 Å². The maximum atomic E-state index is 13.6. The quantitative estimate of drug-likeness (QED) is 0.350. The van der Waals surface area contributed by atoms with Crippen molar-refractivity contribution in [3.63, 3.8) is 0 Å². The summed E-state index contributed by atoms with van der Waals surface area (Å²) in [5.41, 5.74) is 3.72. The van der Waals surface area contributed by atoms with Crippen LogP contribution in [0.5, 0.6) is 28.7 Å². The zero-order valence-corrected chi connectivity index (χ0v) is 18.5. The first kappa shape index (κ1) is 22.3. The van der Waals surface area contributed by atoms with E-state index in [2.05, 4.69) is 0 Å². The fraction of sp³-hybridized carbons (Fsp3) is 0.320. The van der Waals surface area contributed by atoms with Gasteiger partial charge in [0, 0.05) is 28.7 Å². The van der Waals surface area contributed by atoms with Gasteiger partial charge in [-0.25, -0.2) is 0 Å². The van der Waals surface area contributed by atoms with E-state index in [0.717, 1.165) is 11.1 Å². The van der Waals surface area contributed by atoms with Gasteiger partial charge in [-0.15, -0.1) is 0 Å². The highest BCUT2D eigenvalue weighted by molar-refractivity contribution is 6.16. The summed E-state index contributed by atoms with van der Waals surface area (Å²) < 4.78 is 5.33. The molecule has 6 nitrogen and oxygen atoms in total. The summed E-state index contributed by atoms with van der Waals surface area (Å²) in [6, 6.07) is 1.44. The van der Waals surface area contributed by atoms with E-state index in [1.54, 1.807) is 0 Å². The molecule has 0 fully saturated rings. The molecule has 0 spiro atoms. The number of fused-ring (bicyclic) bond motifs is 2. The van der Waals surface area contributed by atoms with Crippen molar-refractivity contribution in [3.8, 4) is 28.7 Å². The summed E-state index contributed by atoms with van der Waals surface area (Å²) in [7, 11) is 1.36. The van der Waals surface area contributed by atoms with E-state index in [1.165, 1.54) is 13.2 Å². The third-order valence-electron chi connectivity index (χ3n) is 5.52. The molecule has 0 saturated carbocycles. The van der Waals surface area contributed by atoms with E-state index in [-0.39, 0.29) is 52.3 Å². The van der Waals surface area contributed by atoms with Gasteiger partial charge in [-0.1, -0.05) is 23.3 Å². The van der Waals surface area contributed by atoms with Gasteiger partial charge in [-0.2, -0.15) is 0 Å². The summed E-state index contributed by atoms with van der Waals surface area (Å²) in [6.07, 6.45) is 4.42. The number of allylic oxidation sites excluding steroid dienone is 4. The Morgan fingerprint density at radius 1 is 0.903 bits per heavy atom. The molecule has 0 heterocycles. The number of methoxy groups -OCH3 is 1. The van der Waals surface area contributed by atoms with E-state index in [1.807, 2.05) is 39.8 Å². The maximum Gasteiger partial charge on any atom is 0.201 e. The van der Waals surface area contributed by atoms with Crippen LogP contribution >= 0.6 is 0 Å². The van der Waals surface area contributed by atoms with Crippen molar-refractivity contribution in [1.82, 2.24) is 0 Å².